The van der Waals surface area contributed by atoms with Crippen molar-refractivity contribution >= 4 is 23.2 Å². The van der Waals surface area contributed by atoms with Crippen LogP contribution in [-0.2, 0) is 24.4 Å². The average Bonchev–Trinajstić information content (AvgIpc) is 2.82. The van der Waals surface area contributed by atoms with Crippen molar-refractivity contribution in [3.63, 3.8) is 0 Å². The monoisotopic (exact) mass is 415 g/mol. The predicted molar refractivity (Wildman–Crippen MR) is 104 cm³/mol. The zero-order valence-corrected chi connectivity index (χ0v) is 17.4. The van der Waals surface area contributed by atoms with Crippen molar-refractivity contribution in [1.82, 2.24) is 9.78 Å². The summed E-state index contributed by atoms with van der Waals surface area (Å²) in [4.78, 5) is 12.5. The molecule has 1 aromatic carbocycles. The zero-order valence-electron chi connectivity index (χ0n) is 16.6. The van der Waals surface area contributed by atoms with E-state index in [-0.39, 0.29) is 22.0 Å². The molecule has 154 valence electrons. The maximum atomic E-state index is 13.2. The third kappa shape index (κ3) is 5.50. The molecule has 0 saturated carbocycles. The lowest BCUT2D eigenvalue weighted by atomic mass is 9.82. The van der Waals surface area contributed by atoms with E-state index >= 15 is 0 Å². The van der Waals surface area contributed by atoms with E-state index in [2.05, 4.69) is 38.1 Å². The number of aryl methyl sites for hydroxylation is 1. The highest BCUT2D eigenvalue weighted by Crippen LogP contribution is 2.36. The van der Waals surface area contributed by atoms with Gasteiger partial charge in [0.2, 0.25) is 5.91 Å². The van der Waals surface area contributed by atoms with Gasteiger partial charge in [0.05, 0.1) is 6.42 Å². The van der Waals surface area contributed by atoms with E-state index < -0.39 is 24.2 Å². The molecule has 0 bridgehead atoms. The molecule has 1 amide bonds. The molecule has 0 radical (unpaired) electrons. The van der Waals surface area contributed by atoms with Gasteiger partial charge in [-0.2, -0.15) is 18.3 Å². The summed E-state index contributed by atoms with van der Waals surface area (Å²) in [5.41, 5.74) is 0.178. The molecule has 2 rings (SSSR count). The first-order chi connectivity index (χ1) is 12.8. The number of aromatic nitrogens is 2. The number of nitrogens with one attached hydrogen (secondary N) is 1. The highest BCUT2D eigenvalue weighted by molar-refractivity contribution is 6.30. The van der Waals surface area contributed by atoms with Crippen molar-refractivity contribution in [1.29, 1.82) is 0 Å². The number of rotatable bonds is 5. The van der Waals surface area contributed by atoms with Gasteiger partial charge in [-0.25, -0.2) is 0 Å². The third-order valence-electron chi connectivity index (χ3n) is 4.36. The summed E-state index contributed by atoms with van der Waals surface area (Å²) in [6, 6.07) is 7.33. The van der Waals surface area contributed by atoms with Gasteiger partial charge < -0.3 is 5.32 Å². The summed E-state index contributed by atoms with van der Waals surface area (Å²) in [5, 5.41) is 5.95. The lowest BCUT2D eigenvalue weighted by Gasteiger charge is -2.25. The number of hydrogen-bond donors (Lipinski definition) is 1. The molecule has 0 saturated heterocycles. The van der Waals surface area contributed by atoms with E-state index in [4.69, 9.17) is 11.6 Å². The molecule has 0 aliphatic heterocycles. The summed E-state index contributed by atoms with van der Waals surface area (Å²) in [6.07, 6.45) is -4.30. The van der Waals surface area contributed by atoms with Crippen molar-refractivity contribution < 1.29 is 18.0 Å². The number of carbonyl (C=O) groups excluding carboxylic acids is 1. The molecule has 0 fully saturated rings. The third-order valence-corrected chi connectivity index (χ3v) is 4.83. The van der Waals surface area contributed by atoms with Crippen LogP contribution in [-0.4, -0.2) is 15.7 Å². The van der Waals surface area contributed by atoms with Crippen LogP contribution in [0.15, 0.2) is 24.3 Å². The lowest BCUT2D eigenvalue weighted by molar-refractivity contribution is -0.142. The molecule has 0 aliphatic carbocycles. The molecule has 4 nitrogen and oxygen atoms in total. The Bertz CT molecular complexity index is 853. The van der Waals surface area contributed by atoms with E-state index in [1.54, 1.807) is 12.1 Å². The SMILES string of the molecule is CC(CC(C)(C)C)c1ccccc1NC(=O)Cc1c(C(F)(F)F)nn(C)c1Cl. The van der Waals surface area contributed by atoms with Crippen LogP contribution in [0.1, 0.15) is 56.9 Å². The van der Waals surface area contributed by atoms with E-state index in [9.17, 15) is 18.0 Å². The van der Waals surface area contributed by atoms with Crippen molar-refractivity contribution in [2.75, 3.05) is 5.32 Å². The Labute approximate surface area is 168 Å². The molecule has 1 N–H and O–H groups in total. The van der Waals surface area contributed by atoms with Crippen molar-refractivity contribution in [3.8, 4) is 0 Å². The molecule has 0 spiro atoms. The molecule has 1 aromatic heterocycles. The number of amides is 1. The van der Waals surface area contributed by atoms with Crippen LogP contribution >= 0.6 is 11.6 Å². The second kappa shape index (κ2) is 8.15. The quantitative estimate of drug-likeness (QED) is 0.669. The van der Waals surface area contributed by atoms with E-state index in [1.165, 1.54) is 7.05 Å². The van der Waals surface area contributed by atoms with Crippen LogP contribution in [0.25, 0.3) is 0 Å². The summed E-state index contributed by atoms with van der Waals surface area (Å²) < 4.78 is 40.5. The second-order valence-corrected chi connectivity index (χ2v) is 8.58. The summed E-state index contributed by atoms with van der Waals surface area (Å²) in [5.74, 6) is -0.403. The van der Waals surface area contributed by atoms with Gasteiger partial charge in [0.1, 0.15) is 5.15 Å². The summed E-state index contributed by atoms with van der Waals surface area (Å²) in [7, 11) is 1.31. The normalized spacial score (nSPS) is 13.5. The van der Waals surface area contributed by atoms with E-state index in [0.717, 1.165) is 16.7 Å². The fourth-order valence-electron chi connectivity index (χ4n) is 3.36. The Kier molecular flexibility index (Phi) is 6.48. The van der Waals surface area contributed by atoms with Crippen LogP contribution in [0.2, 0.25) is 5.15 Å². The maximum absolute atomic E-state index is 13.2. The van der Waals surface area contributed by atoms with E-state index in [0.29, 0.717) is 5.69 Å². The first-order valence-electron chi connectivity index (χ1n) is 8.97. The largest absolute Gasteiger partial charge is 0.435 e. The number of carbonyl (C=O) groups is 1. The maximum Gasteiger partial charge on any atom is 0.435 e. The summed E-state index contributed by atoms with van der Waals surface area (Å²) in [6.45, 7) is 8.46. The van der Waals surface area contributed by atoms with Crippen molar-refractivity contribution in [3.05, 3.63) is 46.2 Å². The van der Waals surface area contributed by atoms with Crippen LogP contribution in [0.5, 0.6) is 0 Å². The van der Waals surface area contributed by atoms with Gasteiger partial charge >= 0.3 is 6.18 Å². The number of halogens is 4. The van der Waals surface area contributed by atoms with Crippen LogP contribution in [0.4, 0.5) is 18.9 Å². The summed E-state index contributed by atoms with van der Waals surface area (Å²) >= 11 is 5.94. The van der Waals surface area contributed by atoms with Gasteiger partial charge in [-0.15, -0.1) is 0 Å². The fourth-order valence-corrected chi connectivity index (χ4v) is 3.55. The van der Waals surface area contributed by atoms with Gasteiger partial charge in [-0.3, -0.25) is 9.48 Å². The zero-order chi connectivity index (χ0) is 21.3. The minimum Gasteiger partial charge on any atom is -0.326 e. The molecule has 1 heterocycles. The molecule has 1 unspecified atom stereocenters. The second-order valence-electron chi connectivity index (χ2n) is 8.22. The molecule has 28 heavy (non-hydrogen) atoms. The number of hydrogen-bond acceptors (Lipinski definition) is 2. The standard InChI is InChI=1S/C20H25ClF3N3O/c1-12(11-19(2,3)4)13-8-6-7-9-15(13)25-16(28)10-14-17(20(22,23)24)26-27(5)18(14)21/h6-9,12H,10-11H2,1-5H3,(H,25,28). The highest BCUT2D eigenvalue weighted by Gasteiger charge is 2.39. The number of para-hydroxylation sites is 1. The molecule has 8 heteroatoms. The Morgan fingerprint density at radius 3 is 2.43 bits per heavy atom. The molecule has 0 aliphatic rings. The Morgan fingerprint density at radius 2 is 1.86 bits per heavy atom. The number of benzene rings is 1. The first kappa shape index (κ1) is 22.3. The van der Waals surface area contributed by atoms with Gasteiger partial charge in [0.25, 0.3) is 0 Å². The number of nitrogens with zero attached hydrogens (tertiary/aromatic N) is 2. The molecular formula is C20H25ClF3N3O. The fraction of sp³-hybridized carbons (Fsp3) is 0.500. The lowest BCUT2D eigenvalue weighted by Crippen LogP contribution is -2.19. The molecular weight excluding hydrogens is 391 g/mol. The first-order valence-corrected chi connectivity index (χ1v) is 9.34. The van der Waals surface area contributed by atoms with E-state index in [1.807, 2.05) is 12.1 Å². The predicted octanol–water partition coefficient (Wildman–Crippen LogP) is 5.81. The minimum absolute atomic E-state index is 0.0986. The highest BCUT2D eigenvalue weighted by atomic mass is 35.5. The molecule has 2 aromatic rings. The number of anilines is 1. The van der Waals surface area contributed by atoms with Crippen LogP contribution in [0, 0.1) is 5.41 Å². The smallest absolute Gasteiger partial charge is 0.326 e. The van der Waals surface area contributed by atoms with Crippen molar-refractivity contribution in [2.45, 2.75) is 52.6 Å². The topological polar surface area (TPSA) is 46.9 Å². The number of alkyl halides is 3. The average molecular weight is 416 g/mol. The van der Waals surface area contributed by atoms with Crippen LogP contribution < -0.4 is 5.32 Å². The Morgan fingerprint density at radius 1 is 1.25 bits per heavy atom. The van der Waals surface area contributed by atoms with Gasteiger partial charge in [-0.1, -0.05) is 57.5 Å². The Balaban J connectivity index is 2.24. The minimum atomic E-state index is -4.68. The van der Waals surface area contributed by atoms with Crippen molar-refractivity contribution in [2.24, 2.45) is 12.5 Å². The molecule has 1 atom stereocenters. The van der Waals surface area contributed by atoms with Gasteiger partial charge in [0.15, 0.2) is 5.69 Å². The van der Waals surface area contributed by atoms with Gasteiger partial charge in [0, 0.05) is 18.3 Å². The van der Waals surface area contributed by atoms with Crippen LogP contribution in [0.3, 0.4) is 0 Å². The van der Waals surface area contributed by atoms with Gasteiger partial charge in [-0.05, 0) is 29.4 Å². The Hall–Kier alpha value is -2.02.